The van der Waals surface area contributed by atoms with Crippen LogP contribution in [0.3, 0.4) is 0 Å². The molecule has 0 aromatic heterocycles. The number of sulfonamides is 1. The fourth-order valence-corrected chi connectivity index (χ4v) is 5.21. The van der Waals surface area contributed by atoms with Crippen molar-refractivity contribution in [3.8, 4) is 0 Å². The first-order chi connectivity index (χ1) is 12.7. The molecule has 1 saturated heterocycles. The molecular formula is C17H17ClN2O5S2. The van der Waals surface area contributed by atoms with E-state index < -0.39 is 25.8 Å². The van der Waals surface area contributed by atoms with Gasteiger partial charge in [-0.15, -0.1) is 0 Å². The molecular weight excluding hydrogens is 412 g/mol. The van der Waals surface area contributed by atoms with Crippen LogP contribution < -0.4 is 4.72 Å². The molecule has 0 bridgehead atoms. The fourth-order valence-electron chi connectivity index (χ4n) is 2.64. The highest BCUT2D eigenvalue weighted by atomic mass is 35.5. The molecule has 0 saturated carbocycles. The Morgan fingerprint density at radius 1 is 1.04 bits per heavy atom. The molecule has 0 spiro atoms. The van der Waals surface area contributed by atoms with Crippen molar-refractivity contribution in [3.05, 3.63) is 59.1 Å². The maximum absolute atomic E-state index is 12.6. The predicted octanol–water partition coefficient (Wildman–Crippen LogP) is 2.01. The van der Waals surface area contributed by atoms with Crippen molar-refractivity contribution in [2.24, 2.45) is 0 Å². The zero-order valence-corrected chi connectivity index (χ0v) is 16.5. The average molecular weight is 429 g/mol. The second kappa shape index (κ2) is 7.49. The lowest BCUT2D eigenvalue weighted by Gasteiger charge is -2.26. The highest BCUT2D eigenvalue weighted by Gasteiger charge is 2.26. The Balaban J connectivity index is 1.83. The summed E-state index contributed by atoms with van der Waals surface area (Å²) in [5.74, 6) is -0.588. The van der Waals surface area contributed by atoms with Crippen molar-refractivity contribution in [2.75, 3.05) is 29.3 Å². The van der Waals surface area contributed by atoms with Crippen molar-refractivity contribution >= 4 is 43.1 Å². The number of nitrogens with zero attached hydrogens (tertiary/aromatic N) is 1. The number of carbonyl (C=O) groups excluding carboxylic acids is 1. The SMILES string of the molecule is O=C(c1cccc(S(=O)(=O)Nc2ccccc2Cl)c1)N1CCS(=O)(=O)CC1. The number of hydrogen-bond acceptors (Lipinski definition) is 5. The van der Waals surface area contributed by atoms with Gasteiger partial charge in [-0.2, -0.15) is 0 Å². The largest absolute Gasteiger partial charge is 0.337 e. The van der Waals surface area contributed by atoms with Crippen LogP contribution in [-0.2, 0) is 19.9 Å². The van der Waals surface area contributed by atoms with E-state index in [0.717, 1.165) is 0 Å². The summed E-state index contributed by atoms with van der Waals surface area (Å²) in [5, 5.41) is 0.253. The highest BCUT2D eigenvalue weighted by Crippen LogP contribution is 2.24. The normalized spacial score (nSPS) is 16.7. The second-order valence-electron chi connectivity index (χ2n) is 6.06. The zero-order chi connectivity index (χ0) is 19.7. The van der Waals surface area contributed by atoms with Gasteiger partial charge in [-0.1, -0.05) is 29.8 Å². The number of halogens is 1. The number of benzene rings is 2. The van der Waals surface area contributed by atoms with Gasteiger partial charge in [0, 0.05) is 18.7 Å². The van der Waals surface area contributed by atoms with E-state index in [1.54, 1.807) is 18.2 Å². The number of amides is 1. The van der Waals surface area contributed by atoms with Gasteiger partial charge in [0.1, 0.15) is 0 Å². The number of nitrogens with one attached hydrogen (secondary N) is 1. The smallest absolute Gasteiger partial charge is 0.261 e. The van der Waals surface area contributed by atoms with E-state index in [0.29, 0.717) is 0 Å². The molecule has 144 valence electrons. The molecule has 0 aliphatic carbocycles. The summed E-state index contributed by atoms with van der Waals surface area (Å²) in [6.07, 6.45) is 0. The van der Waals surface area contributed by atoms with E-state index in [1.807, 2.05) is 0 Å². The summed E-state index contributed by atoms with van der Waals surface area (Å²) in [7, 11) is -7.06. The predicted molar refractivity (Wildman–Crippen MR) is 103 cm³/mol. The first-order valence-electron chi connectivity index (χ1n) is 8.05. The third-order valence-corrected chi connectivity index (χ3v) is 7.44. The molecule has 1 heterocycles. The van der Waals surface area contributed by atoms with Crippen LogP contribution in [0.2, 0.25) is 5.02 Å². The van der Waals surface area contributed by atoms with Gasteiger partial charge in [-0.3, -0.25) is 9.52 Å². The Bertz CT molecular complexity index is 1070. The molecule has 7 nitrogen and oxygen atoms in total. The van der Waals surface area contributed by atoms with E-state index in [9.17, 15) is 21.6 Å². The molecule has 2 aromatic carbocycles. The number of sulfone groups is 1. The van der Waals surface area contributed by atoms with Crippen LogP contribution >= 0.6 is 11.6 Å². The Hall–Kier alpha value is -2.10. The van der Waals surface area contributed by atoms with Crippen molar-refractivity contribution in [1.29, 1.82) is 0 Å². The average Bonchev–Trinajstić information content (AvgIpc) is 2.63. The fraction of sp³-hybridized carbons (Fsp3) is 0.235. The summed E-state index contributed by atoms with van der Waals surface area (Å²) in [6, 6.07) is 12.0. The highest BCUT2D eigenvalue weighted by molar-refractivity contribution is 7.92. The van der Waals surface area contributed by atoms with Crippen LogP contribution in [-0.4, -0.2) is 52.2 Å². The topological polar surface area (TPSA) is 101 Å². The lowest BCUT2D eigenvalue weighted by molar-refractivity contribution is 0.0770. The Morgan fingerprint density at radius 3 is 2.37 bits per heavy atom. The number of carbonyl (C=O) groups is 1. The molecule has 1 aliphatic heterocycles. The summed E-state index contributed by atoms with van der Waals surface area (Å²) in [4.78, 5) is 13.9. The maximum Gasteiger partial charge on any atom is 0.261 e. The van der Waals surface area contributed by atoms with Crippen LogP contribution in [0.4, 0.5) is 5.69 Å². The lowest BCUT2D eigenvalue weighted by Crippen LogP contribution is -2.43. The minimum absolute atomic E-state index is 0.0853. The van der Waals surface area contributed by atoms with E-state index >= 15 is 0 Å². The summed E-state index contributed by atoms with van der Waals surface area (Å²) in [6.45, 7) is 0.187. The van der Waals surface area contributed by atoms with E-state index in [4.69, 9.17) is 11.6 Å². The molecule has 1 aliphatic rings. The van der Waals surface area contributed by atoms with Gasteiger partial charge in [0.25, 0.3) is 15.9 Å². The number of para-hydroxylation sites is 1. The van der Waals surface area contributed by atoms with Crippen LogP contribution in [0.25, 0.3) is 0 Å². The van der Waals surface area contributed by atoms with Crippen LogP contribution in [0.15, 0.2) is 53.4 Å². The van der Waals surface area contributed by atoms with Crippen LogP contribution in [0, 0.1) is 0 Å². The molecule has 0 atom stereocenters. The third-order valence-electron chi connectivity index (χ3n) is 4.14. The summed E-state index contributed by atoms with van der Waals surface area (Å²) in [5.41, 5.74) is 0.411. The van der Waals surface area contributed by atoms with Gasteiger partial charge < -0.3 is 4.90 Å². The molecule has 0 unspecified atom stereocenters. The van der Waals surface area contributed by atoms with Crippen molar-refractivity contribution in [3.63, 3.8) is 0 Å². The third kappa shape index (κ3) is 4.60. The molecule has 27 heavy (non-hydrogen) atoms. The van der Waals surface area contributed by atoms with Crippen molar-refractivity contribution in [2.45, 2.75) is 4.90 Å². The molecule has 3 rings (SSSR count). The maximum atomic E-state index is 12.6. The molecule has 0 radical (unpaired) electrons. The van der Waals surface area contributed by atoms with Crippen LogP contribution in [0.5, 0.6) is 0 Å². The lowest BCUT2D eigenvalue weighted by atomic mass is 10.2. The monoisotopic (exact) mass is 428 g/mol. The first kappa shape index (κ1) is 19.7. The number of anilines is 1. The van der Waals surface area contributed by atoms with Gasteiger partial charge in [-0.25, -0.2) is 16.8 Å². The number of hydrogen-bond donors (Lipinski definition) is 1. The number of rotatable bonds is 4. The summed E-state index contributed by atoms with van der Waals surface area (Å²) < 4.78 is 50.6. The molecule has 1 N–H and O–H groups in total. The van der Waals surface area contributed by atoms with Crippen LogP contribution in [0.1, 0.15) is 10.4 Å². The molecule has 1 fully saturated rings. The molecule has 10 heteroatoms. The Labute approximate surface area is 162 Å². The minimum atomic E-state index is -3.94. The van der Waals surface area contributed by atoms with Gasteiger partial charge >= 0.3 is 0 Å². The van der Waals surface area contributed by atoms with E-state index in [-0.39, 0.29) is 45.8 Å². The van der Waals surface area contributed by atoms with Gasteiger partial charge in [0.05, 0.1) is 27.1 Å². The van der Waals surface area contributed by atoms with Gasteiger partial charge in [0.2, 0.25) is 0 Å². The quantitative estimate of drug-likeness (QED) is 0.802. The van der Waals surface area contributed by atoms with E-state index in [1.165, 1.54) is 35.2 Å². The van der Waals surface area contributed by atoms with Gasteiger partial charge in [0.15, 0.2) is 9.84 Å². The summed E-state index contributed by atoms with van der Waals surface area (Å²) >= 11 is 5.99. The Kier molecular flexibility index (Phi) is 5.45. The van der Waals surface area contributed by atoms with Gasteiger partial charge in [-0.05, 0) is 30.3 Å². The van der Waals surface area contributed by atoms with Crippen molar-refractivity contribution in [1.82, 2.24) is 4.90 Å². The minimum Gasteiger partial charge on any atom is -0.337 e. The van der Waals surface area contributed by atoms with Crippen molar-refractivity contribution < 1.29 is 21.6 Å². The molecule has 1 amide bonds. The molecule has 2 aromatic rings. The first-order valence-corrected chi connectivity index (χ1v) is 11.7. The zero-order valence-electron chi connectivity index (χ0n) is 14.1. The van der Waals surface area contributed by atoms with E-state index in [2.05, 4.69) is 4.72 Å². The second-order valence-corrected chi connectivity index (χ2v) is 10.5. The Morgan fingerprint density at radius 2 is 1.70 bits per heavy atom. The standard InChI is InChI=1S/C17H17ClN2O5S2/c18-15-6-1-2-7-16(15)19-27(24,25)14-5-3-4-13(12-14)17(21)20-8-10-26(22,23)11-9-20/h1-7,12,19H,8-11H2.